The summed E-state index contributed by atoms with van der Waals surface area (Å²) in [6.07, 6.45) is 8.31. The smallest absolute Gasteiger partial charge is 0.0323 e. The van der Waals surface area contributed by atoms with E-state index in [0.717, 1.165) is 5.92 Å². The lowest BCUT2D eigenvalue weighted by atomic mass is 10.00. The monoisotopic (exact) mass is 126 g/mol. The first-order valence-corrected chi connectivity index (χ1v) is 3.96. The van der Waals surface area contributed by atoms with Gasteiger partial charge in [-0.3, -0.25) is 0 Å². The third-order valence-electron chi connectivity index (χ3n) is 1.86. The van der Waals surface area contributed by atoms with Crippen LogP contribution in [0.5, 0.6) is 0 Å². The van der Waals surface area contributed by atoms with Gasteiger partial charge >= 0.3 is 0 Å². The maximum Gasteiger partial charge on any atom is -0.0323 e. The van der Waals surface area contributed by atoms with Gasteiger partial charge in [-0.05, 0) is 19.3 Å². The molecule has 0 aromatic rings. The highest BCUT2D eigenvalue weighted by Crippen LogP contribution is 2.12. The first-order chi connectivity index (χ1) is 4.35. The average molecular weight is 126 g/mol. The van der Waals surface area contributed by atoms with Crippen molar-refractivity contribution < 1.29 is 0 Å². The first-order valence-electron chi connectivity index (χ1n) is 3.96. The topological polar surface area (TPSA) is 0 Å². The minimum absolute atomic E-state index is 0.918. The second kappa shape index (κ2) is 5.87. The molecule has 0 saturated heterocycles. The molecule has 0 fully saturated rings. The second-order valence-electron chi connectivity index (χ2n) is 2.49. The largest absolute Gasteiger partial charge is 0.0917 e. The third-order valence-corrected chi connectivity index (χ3v) is 1.86. The summed E-state index contributed by atoms with van der Waals surface area (Å²) in [7, 11) is 0. The van der Waals surface area contributed by atoms with Gasteiger partial charge in [0.25, 0.3) is 0 Å². The minimum Gasteiger partial charge on any atom is -0.0917 e. The van der Waals surface area contributed by atoms with E-state index in [2.05, 4.69) is 32.9 Å². The first kappa shape index (κ1) is 8.74. The molecule has 0 N–H and O–H groups in total. The van der Waals surface area contributed by atoms with Crippen LogP contribution in [0.2, 0.25) is 0 Å². The molecular formula is C9H18. The van der Waals surface area contributed by atoms with Crippen LogP contribution in [0.15, 0.2) is 12.2 Å². The molecule has 0 amide bonds. The normalized spacial score (nSPS) is 11.6. The molecule has 0 aromatic heterocycles. The second-order valence-corrected chi connectivity index (χ2v) is 2.49. The van der Waals surface area contributed by atoms with Crippen LogP contribution >= 0.6 is 0 Å². The van der Waals surface area contributed by atoms with Gasteiger partial charge in [0.2, 0.25) is 0 Å². The molecule has 0 aliphatic heterocycles. The van der Waals surface area contributed by atoms with Crippen LogP contribution in [0.1, 0.15) is 40.0 Å². The van der Waals surface area contributed by atoms with E-state index in [1.807, 2.05) is 0 Å². The Labute approximate surface area is 59.0 Å². The molecular weight excluding hydrogens is 108 g/mol. The van der Waals surface area contributed by atoms with Gasteiger partial charge in [0.1, 0.15) is 0 Å². The van der Waals surface area contributed by atoms with Gasteiger partial charge in [0.15, 0.2) is 0 Å². The Morgan fingerprint density at radius 2 is 1.78 bits per heavy atom. The summed E-state index contributed by atoms with van der Waals surface area (Å²) < 4.78 is 0. The lowest BCUT2D eigenvalue weighted by Gasteiger charge is -2.06. The van der Waals surface area contributed by atoms with Crippen molar-refractivity contribution in [3.05, 3.63) is 12.2 Å². The molecule has 0 spiro atoms. The van der Waals surface area contributed by atoms with E-state index < -0.39 is 0 Å². The van der Waals surface area contributed by atoms with Gasteiger partial charge in [-0.25, -0.2) is 0 Å². The van der Waals surface area contributed by atoms with Crippen molar-refractivity contribution >= 4 is 0 Å². The Bertz CT molecular complexity index is 68.1. The van der Waals surface area contributed by atoms with Gasteiger partial charge in [0.05, 0.1) is 0 Å². The van der Waals surface area contributed by atoms with E-state index in [0.29, 0.717) is 0 Å². The van der Waals surface area contributed by atoms with Crippen molar-refractivity contribution in [3.8, 4) is 0 Å². The highest BCUT2D eigenvalue weighted by molar-refractivity contribution is 4.79. The Balaban J connectivity index is 3.31. The highest BCUT2D eigenvalue weighted by Gasteiger charge is 1.97. The van der Waals surface area contributed by atoms with Crippen molar-refractivity contribution in [1.82, 2.24) is 0 Å². The quantitative estimate of drug-likeness (QED) is 0.506. The van der Waals surface area contributed by atoms with Crippen LogP contribution in [-0.4, -0.2) is 0 Å². The summed E-state index contributed by atoms with van der Waals surface area (Å²) in [5, 5.41) is 0. The zero-order valence-corrected chi connectivity index (χ0v) is 6.85. The van der Waals surface area contributed by atoms with Crippen molar-refractivity contribution in [2.45, 2.75) is 40.0 Å². The number of hydrogen-bond donors (Lipinski definition) is 0. The zero-order valence-electron chi connectivity index (χ0n) is 6.85. The zero-order chi connectivity index (χ0) is 7.11. The lowest BCUT2D eigenvalue weighted by Crippen LogP contribution is -1.92. The Kier molecular flexibility index (Phi) is 5.70. The Morgan fingerprint density at radius 1 is 1.22 bits per heavy atom. The molecule has 0 aromatic carbocycles. The fourth-order valence-corrected chi connectivity index (χ4v) is 0.951. The van der Waals surface area contributed by atoms with Gasteiger partial charge in [-0.2, -0.15) is 0 Å². The fourth-order valence-electron chi connectivity index (χ4n) is 0.951. The number of hydrogen-bond acceptors (Lipinski definition) is 0. The molecule has 0 saturated carbocycles. The maximum absolute atomic E-state index is 2.26. The number of rotatable bonds is 4. The molecule has 0 heterocycles. The maximum atomic E-state index is 2.26. The lowest BCUT2D eigenvalue weighted by molar-refractivity contribution is 0.499. The molecule has 0 heteroatoms. The number of allylic oxidation sites excluding steroid dienone is 2. The predicted molar refractivity (Wildman–Crippen MR) is 43.5 cm³/mol. The van der Waals surface area contributed by atoms with Crippen LogP contribution in [0.3, 0.4) is 0 Å². The molecule has 0 atom stereocenters. The molecule has 0 aliphatic carbocycles. The molecule has 9 heavy (non-hydrogen) atoms. The van der Waals surface area contributed by atoms with Gasteiger partial charge < -0.3 is 0 Å². The van der Waals surface area contributed by atoms with E-state index in [9.17, 15) is 0 Å². The fraction of sp³-hybridized carbons (Fsp3) is 0.778. The highest BCUT2D eigenvalue weighted by atomic mass is 14.0. The van der Waals surface area contributed by atoms with E-state index in [1.165, 1.54) is 19.3 Å². The average Bonchev–Trinajstić information content (AvgIpc) is 1.91. The molecule has 0 unspecified atom stereocenters. The van der Waals surface area contributed by atoms with Crippen molar-refractivity contribution in [3.63, 3.8) is 0 Å². The van der Waals surface area contributed by atoms with Gasteiger partial charge in [-0.15, -0.1) is 0 Å². The molecule has 0 aliphatic rings. The molecule has 0 nitrogen and oxygen atoms in total. The summed E-state index contributed by atoms with van der Waals surface area (Å²) in [5.74, 6) is 0.918. The van der Waals surface area contributed by atoms with Crippen molar-refractivity contribution in [2.75, 3.05) is 0 Å². The van der Waals surface area contributed by atoms with Crippen LogP contribution in [0, 0.1) is 5.92 Å². The standard InChI is InChI=1S/C9H18/c1-4-7-8-9(5-2)6-3/h4,7,9H,5-6,8H2,1-3H3. The molecule has 0 radical (unpaired) electrons. The molecule has 54 valence electrons. The Hall–Kier alpha value is -0.260. The summed E-state index contributed by atoms with van der Waals surface area (Å²) in [6.45, 7) is 6.61. The van der Waals surface area contributed by atoms with E-state index in [-0.39, 0.29) is 0 Å². The third kappa shape index (κ3) is 4.26. The van der Waals surface area contributed by atoms with Crippen molar-refractivity contribution in [1.29, 1.82) is 0 Å². The van der Waals surface area contributed by atoms with Crippen LogP contribution < -0.4 is 0 Å². The summed E-state index contributed by atoms with van der Waals surface area (Å²) in [6, 6.07) is 0. The van der Waals surface area contributed by atoms with Crippen LogP contribution in [0.25, 0.3) is 0 Å². The Morgan fingerprint density at radius 3 is 2.11 bits per heavy atom. The summed E-state index contributed by atoms with van der Waals surface area (Å²) in [4.78, 5) is 0. The van der Waals surface area contributed by atoms with Crippen molar-refractivity contribution in [2.24, 2.45) is 5.92 Å². The van der Waals surface area contributed by atoms with E-state index in [1.54, 1.807) is 0 Å². The predicted octanol–water partition coefficient (Wildman–Crippen LogP) is 3.39. The van der Waals surface area contributed by atoms with Crippen LogP contribution in [0.4, 0.5) is 0 Å². The minimum atomic E-state index is 0.918. The SMILES string of the molecule is CC=CCC(CC)CC. The van der Waals surface area contributed by atoms with Gasteiger partial charge in [-0.1, -0.05) is 38.8 Å². The van der Waals surface area contributed by atoms with Gasteiger partial charge in [0, 0.05) is 0 Å². The molecule has 0 bridgehead atoms. The van der Waals surface area contributed by atoms with Crippen LogP contribution in [-0.2, 0) is 0 Å². The van der Waals surface area contributed by atoms with E-state index in [4.69, 9.17) is 0 Å². The van der Waals surface area contributed by atoms with E-state index >= 15 is 0 Å². The molecule has 0 rings (SSSR count). The summed E-state index contributed by atoms with van der Waals surface area (Å²) in [5.41, 5.74) is 0. The summed E-state index contributed by atoms with van der Waals surface area (Å²) >= 11 is 0.